The van der Waals surface area contributed by atoms with Gasteiger partial charge in [0.05, 0.1) is 11.1 Å². The number of H-pyrrole nitrogens is 1. The maximum absolute atomic E-state index is 12.5. The van der Waals surface area contributed by atoms with Crippen molar-refractivity contribution in [2.24, 2.45) is 0 Å². The van der Waals surface area contributed by atoms with E-state index in [9.17, 15) is 14.7 Å². The highest BCUT2D eigenvalue weighted by molar-refractivity contribution is 7.13. The Morgan fingerprint density at radius 3 is 2.48 bits per heavy atom. The van der Waals surface area contributed by atoms with Gasteiger partial charge in [-0.15, -0.1) is 11.3 Å². The first-order valence-corrected chi connectivity index (χ1v) is 10.3. The van der Waals surface area contributed by atoms with Crippen LogP contribution in [0.3, 0.4) is 0 Å². The Balaban J connectivity index is 1.56. The molecule has 5 nitrogen and oxygen atoms in total. The van der Waals surface area contributed by atoms with Crippen LogP contribution in [0.25, 0.3) is 32.5 Å². The average Bonchev–Trinajstić information content (AvgIpc) is 3.40. The maximum atomic E-state index is 12.5. The number of pyridine rings is 1. The number of amides is 1. The molecule has 0 spiro atoms. The third kappa shape index (κ3) is 3.11. The predicted octanol–water partition coefficient (Wildman–Crippen LogP) is 4.23. The molecule has 0 aliphatic carbocycles. The van der Waals surface area contributed by atoms with Gasteiger partial charge in [-0.05, 0) is 40.3 Å². The van der Waals surface area contributed by atoms with Crippen molar-refractivity contribution in [1.82, 2.24) is 10.3 Å². The van der Waals surface area contributed by atoms with Gasteiger partial charge in [-0.25, -0.2) is 0 Å². The molecular weight excluding hydrogens is 384 g/mol. The summed E-state index contributed by atoms with van der Waals surface area (Å²) in [5.41, 5.74) is 3.71. The molecule has 4 aromatic rings. The number of hydrogen-bond donors (Lipinski definition) is 3. The molecule has 0 radical (unpaired) electrons. The van der Waals surface area contributed by atoms with Gasteiger partial charge in [-0.3, -0.25) is 9.59 Å². The molecule has 29 heavy (non-hydrogen) atoms. The van der Waals surface area contributed by atoms with Crippen molar-refractivity contribution in [2.75, 3.05) is 6.54 Å². The van der Waals surface area contributed by atoms with Crippen LogP contribution in [0.4, 0.5) is 0 Å². The number of carbonyl (C=O) groups is 1. The van der Waals surface area contributed by atoms with Crippen LogP contribution < -0.4 is 10.9 Å². The molecule has 1 amide bonds. The first-order chi connectivity index (χ1) is 14.1. The molecular formula is C23H18N2O3S. The van der Waals surface area contributed by atoms with E-state index in [1.165, 1.54) is 11.3 Å². The Kier molecular flexibility index (Phi) is 4.21. The number of aromatic hydroxyl groups is 1. The molecule has 1 aliphatic rings. The largest absolute Gasteiger partial charge is 0.506 e. The molecule has 0 saturated carbocycles. The highest BCUT2D eigenvalue weighted by Gasteiger charge is 2.22. The van der Waals surface area contributed by atoms with Crippen molar-refractivity contribution in [2.45, 2.75) is 12.3 Å². The van der Waals surface area contributed by atoms with Crippen molar-refractivity contribution in [1.29, 1.82) is 0 Å². The monoisotopic (exact) mass is 402 g/mol. The lowest BCUT2D eigenvalue weighted by Crippen LogP contribution is -2.13. The van der Waals surface area contributed by atoms with Crippen molar-refractivity contribution in [3.63, 3.8) is 0 Å². The van der Waals surface area contributed by atoms with Crippen LogP contribution in [0.1, 0.15) is 17.9 Å². The van der Waals surface area contributed by atoms with Crippen LogP contribution in [0, 0.1) is 0 Å². The van der Waals surface area contributed by atoms with E-state index in [0.29, 0.717) is 29.4 Å². The minimum absolute atomic E-state index is 0.000197. The van der Waals surface area contributed by atoms with Gasteiger partial charge >= 0.3 is 0 Å². The average molecular weight is 402 g/mol. The Hall–Kier alpha value is -3.38. The Morgan fingerprint density at radius 1 is 1.00 bits per heavy atom. The second-order valence-corrected chi connectivity index (χ2v) is 8.19. The number of rotatable bonds is 3. The quantitative estimate of drug-likeness (QED) is 0.480. The normalized spacial score (nSPS) is 16.3. The summed E-state index contributed by atoms with van der Waals surface area (Å²) in [7, 11) is 0. The van der Waals surface area contributed by atoms with E-state index in [-0.39, 0.29) is 23.1 Å². The predicted molar refractivity (Wildman–Crippen MR) is 115 cm³/mol. The molecule has 6 heteroatoms. The van der Waals surface area contributed by atoms with Crippen LogP contribution in [0.5, 0.6) is 5.75 Å². The van der Waals surface area contributed by atoms with Gasteiger partial charge in [0, 0.05) is 29.1 Å². The number of carbonyl (C=O) groups excluding carboxylic acids is 1. The Morgan fingerprint density at radius 2 is 1.79 bits per heavy atom. The summed E-state index contributed by atoms with van der Waals surface area (Å²) in [5, 5.41) is 16.2. The first kappa shape index (κ1) is 17.7. The zero-order valence-electron chi connectivity index (χ0n) is 15.4. The molecule has 1 saturated heterocycles. The van der Waals surface area contributed by atoms with Crippen LogP contribution >= 0.6 is 11.3 Å². The van der Waals surface area contributed by atoms with Crippen LogP contribution in [0.15, 0.2) is 64.8 Å². The van der Waals surface area contributed by atoms with E-state index in [2.05, 4.69) is 10.3 Å². The van der Waals surface area contributed by atoms with Gasteiger partial charge in [0.1, 0.15) is 5.75 Å². The van der Waals surface area contributed by atoms with E-state index in [4.69, 9.17) is 0 Å². The highest BCUT2D eigenvalue weighted by Crippen LogP contribution is 2.36. The molecule has 3 N–H and O–H groups in total. The van der Waals surface area contributed by atoms with Crippen molar-refractivity contribution in [3.8, 4) is 27.3 Å². The summed E-state index contributed by atoms with van der Waals surface area (Å²) in [6, 6.07) is 17.5. The van der Waals surface area contributed by atoms with Crippen LogP contribution in [-0.2, 0) is 4.79 Å². The number of benzene rings is 2. The maximum Gasteiger partial charge on any atom is 0.260 e. The van der Waals surface area contributed by atoms with Crippen molar-refractivity contribution < 1.29 is 9.90 Å². The van der Waals surface area contributed by atoms with Crippen molar-refractivity contribution in [3.05, 3.63) is 75.9 Å². The molecule has 2 aromatic heterocycles. The van der Waals surface area contributed by atoms with Gasteiger partial charge in [0.2, 0.25) is 5.91 Å². The Labute approximate surface area is 170 Å². The molecule has 2 aromatic carbocycles. The smallest absolute Gasteiger partial charge is 0.260 e. The van der Waals surface area contributed by atoms with E-state index in [1.807, 2.05) is 60.0 Å². The second kappa shape index (κ2) is 6.90. The topological polar surface area (TPSA) is 82.2 Å². The number of aromatic nitrogens is 1. The number of thiophene rings is 1. The zero-order valence-corrected chi connectivity index (χ0v) is 16.3. The lowest BCUT2D eigenvalue weighted by atomic mass is 9.95. The lowest BCUT2D eigenvalue weighted by molar-refractivity contribution is -0.119. The number of aromatic amines is 1. The molecule has 144 valence electrons. The summed E-state index contributed by atoms with van der Waals surface area (Å²) in [4.78, 5) is 27.5. The minimum atomic E-state index is -0.297. The molecule has 1 fully saturated rings. The van der Waals surface area contributed by atoms with E-state index < -0.39 is 0 Å². The second-order valence-electron chi connectivity index (χ2n) is 7.24. The molecule has 0 bridgehead atoms. The fraction of sp³-hybridized carbons (Fsp3) is 0.130. The first-order valence-electron chi connectivity index (χ1n) is 9.40. The molecule has 1 atom stereocenters. The molecule has 3 heterocycles. The summed E-state index contributed by atoms with van der Waals surface area (Å²) in [5.74, 6) is 0.315. The van der Waals surface area contributed by atoms with E-state index >= 15 is 0 Å². The summed E-state index contributed by atoms with van der Waals surface area (Å²) >= 11 is 1.42. The molecule has 1 unspecified atom stereocenters. The zero-order chi connectivity index (χ0) is 20.0. The fourth-order valence-corrected chi connectivity index (χ4v) is 4.66. The number of hydrogen-bond acceptors (Lipinski definition) is 4. The fourth-order valence-electron chi connectivity index (χ4n) is 3.89. The van der Waals surface area contributed by atoms with Gasteiger partial charge in [0.15, 0.2) is 0 Å². The highest BCUT2D eigenvalue weighted by atomic mass is 32.1. The minimum Gasteiger partial charge on any atom is -0.506 e. The van der Waals surface area contributed by atoms with E-state index in [1.54, 1.807) is 0 Å². The van der Waals surface area contributed by atoms with E-state index in [0.717, 1.165) is 21.6 Å². The summed E-state index contributed by atoms with van der Waals surface area (Å²) < 4.78 is 0. The standard InChI is InChI=1S/C23H18N2O3S/c26-20-11-16(12-24-20)14-5-3-13(4-6-14)15-7-8-18-17(10-15)22(27)21(23(28)25-18)19-2-1-9-29-19/h1-10,16H,11-12H2,(H,24,26)(H2,25,27,28). The van der Waals surface area contributed by atoms with Gasteiger partial charge < -0.3 is 15.4 Å². The SMILES string of the molecule is O=C1CC(c2ccc(-c3ccc4[nH]c(=O)c(-c5cccs5)c(O)c4c3)cc2)CN1. The third-order valence-electron chi connectivity index (χ3n) is 5.45. The molecule has 1 aliphatic heterocycles. The Bertz CT molecular complexity index is 1270. The van der Waals surface area contributed by atoms with Gasteiger partial charge in [0.25, 0.3) is 5.56 Å². The summed E-state index contributed by atoms with van der Waals surface area (Å²) in [6.07, 6.45) is 0.530. The van der Waals surface area contributed by atoms with Gasteiger partial charge in [-0.2, -0.15) is 0 Å². The van der Waals surface area contributed by atoms with Crippen LogP contribution in [-0.4, -0.2) is 22.5 Å². The lowest BCUT2D eigenvalue weighted by Gasteiger charge is -2.11. The van der Waals surface area contributed by atoms with Crippen molar-refractivity contribution >= 4 is 28.1 Å². The third-order valence-corrected chi connectivity index (χ3v) is 6.33. The van der Waals surface area contributed by atoms with Crippen LogP contribution in [0.2, 0.25) is 0 Å². The number of nitrogens with one attached hydrogen (secondary N) is 2. The summed E-state index contributed by atoms with van der Waals surface area (Å²) in [6.45, 7) is 0.681. The van der Waals surface area contributed by atoms with Gasteiger partial charge in [-0.1, -0.05) is 36.4 Å². The number of fused-ring (bicyclic) bond motifs is 1. The molecule has 5 rings (SSSR count).